The summed E-state index contributed by atoms with van der Waals surface area (Å²) in [6.45, 7) is 17.7. The van der Waals surface area contributed by atoms with Crippen LogP contribution < -0.4 is 0 Å². The van der Waals surface area contributed by atoms with Gasteiger partial charge in [-0.2, -0.15) is 0 Å². The second kappa shape index (κ2) is 6.97. The number of hydrogen-bond donors (Lipinski definition) is 0. The molecule has 0 fully saturated rings. The zero-order valence-electron chi connectivity index (χ0n) is 12.8. The highest BCUT2D eigenvalue weighted by Crippen LogP contribution is 2.81. The number of rotatable bonds is 4. The molecule has 0 aliphatic rings. The van der Waals surface area contributed by atoms with Gasteiger partial charge in [0.15, 0.2) is 0 Å². The summed E-state index contributed by atoms with van der Waals surface area (Å²) in [7, 11) is -1.42. The summed E-state index contributed by atoms with van der Waals surface area (Å²) in [6.07, 6.45) is 9.11. The van der Waals surface area contributed by atoms with Crippen LogP contribution in [-0.4, -0.2) is 0 Å². The van der Waals surface area contributed by atoms with Crippen LogP contribution in [0.2, 0.25) is 0 Å². The van der Waals surface area contributed by atoms with Gasteiger partial charge in [-0.15, -0.1) is 0 Å². The van der Waals surface area contributed by atoms with Crippen molar-refractivity contribution < 1.29 is 0 Å². The van der Waals surface area contributed by atoms with Crippen LogP contribution in [0.4, 0.5) is 0 Å². The van der Waals surface area contributed by atoms with E-state index in [4.69, 9.17) is 0 Å². The zero-order chi connectivity index (χ0) is 13.6. The van der Waals surface area contributed by atoms with Crippen molar-refractivity contribution >= 4 is 7.26 Å². The molecular formula is C16H28P+. The Hall–Kier alpha value is -0.610. The van der Waals surface area contributed by atoms with Gasteiger partial charge in [-0.3, -0.25) is 0 Å². The fourth-order valence-corrected chi connectivity index (χ4v) is 7.33. The average molecular weight is 251 g/mol. The van der Waals surface area contributed by atoms with Gasteiger partial charge in [0.05, 0.1) is 21.3 Å². The van der Waals surface area contributed by atoms with E-state index in [1.54, 1.807) is 0 Å². The van der Waals surface area contributed by atoms with E-state index in [0.717, 1.165) is 0 Å². The average Bonchev–Trinajstić information content (AvgIpc) is 2.37. The quantitative estimate of drug-likeness (QED) is 0.488. The fraction of sp³-hybridized carbons (Fsp3) is 0.500. The van der Waals surface area contributed by atoms with Gasteiger partial charge in [-0.05, 0) is 79.7 Å². The highest BCUT2D eigenvalue weighted by Gasteiger charge is 2.45. The Kier molecular flexibility index (Phi) is 6.72. The summed E-state index contributed by atoms with van der Waals surface area (Å²) in [5, 5.41) is 6.05. The van der Waals surface area contributed by atoms with Gasteiger partial charge in [-0.1, -0.05) is 0 Å². The molecule has 0 N–H and O–H groups in total. The van der Waals surface area contributed by atoms with E-state index in [-0.39, 0.29) is 0 Å². The van der Waals surface area contributed by atoms with Gasteiger partial charge >= 0.3 is 0 Å². The Bertz CT molecular complexity index is 301. The highest BCUT2D eigenvalue weighted by molar-refractivity contribution is 7.90. The topological polar surface area (TPSA) is 0 Å². The Morgan fingerprint density at radius 1 is 0.529 bits per heavy atom. The molecule has 0 amide bonds. The van der Waals surface area contributed by atoms with Crippen molar-refractivity contribution in [1.82, 2.24) is 0 Å². The minimum absolute atomic E-state index is 1.42. The van der Waals surface area contributed by atoms with Crippen molar-refractivity contribution in [2.24, 2.45) is 0 Å². The van der Waals surface area contributed by atoms with E-state index in [9.17, 15) is 0 Å². The van der Waals surface area contributed by atoms with Crippen molar-refractivity contribution in [2.45, 2.75) is 55.4 Å². The highest BCUT2D eigenvalue weighted by atomic mass is 31.2. The maximum Gasteiger partial charge on any atom is 0.124 e. The first-order valence-corrected chi connectivity index (χ1v) is 8.15. The van der Waals surface area contributed by atoms with Crippen molar-refractivity contribution in [2.75, 3.05) is 0 Å². The molecule has 0 unspecified atom stereocenters. The number of allylic oxidation sites excluding steroid dienone is 8. The predicted molar refractivity (Wildman–Crippen MR) is 84.6 cm³/mol. The van der Waals surface area contributed by atoms with Crippen LogP contribution in [-0.2, 0) is 0 Å². The second-order valence-electron chi connectivity index (χ2n) is 4.39. The predicted octanol–water partition coefficient (Wildman–Crippen LogP) is 6.70. The van der Waals surface area contributed by atoms with Gasteiger partial charge in [0, 0.05) is 0 Å². The maximum atomic E-state index is 2.28. The lowest BCUT2D eigenvalue weighted by atomic mass is 10.5. The van der Waals surface area contributed by atoms with Crippen molar-refractivity contribution in [3.05, 3.63) is 45.6 Å². The molecule has 0 bridgehead atoms. The molecule has 0 aromatic carbocycles. The van der Waals surface area contributed by atoms with Crippen molar-refractivity contribution in [3.63, 3.8) is 0 Å². The SMILES string of the molecule is C/C=C(/C)[P+](/C(C)=C\C)(/C(C)=C\C)/C(C)=C\C. The lowest BCUT2D eigenvalue weighted by Gasteiger charge is -2.29. The smallest absolute Gasteiger partial charge is 0.0486 e. The summed E-state index contributed by atoms with van der Waals surface area (Å²) in [5.74, 6) is 0. The first-order valence-electron chi connectivity index (χ1n) is 6.36. The van der Waals surface area contributed by atoms with Crippen LogP contribution in [0.5, 0.6) is 0 Å². The molecule has 0 saturated carbocycles. The lowest BCUT2D eigenvalue weighted by molar-refractivity contribution is 1.43. The van der Waals surface area contributed by atoms with Gasteiger partial charge in [0.25, 0.3) is 0 Å². The van der Waals surface area contributed by atoms with Gasteiger partial charge in [-0.25, -0.2) is 0 Å². The van der Waals surface area contributed by atoms with Crippen LogP contribution in [0.3, 0.4) is 0 Å². The first kappa shape index (κ1) is 16.4. The Balaban J connectivity index is 6.31. The Morgan fingerprint density at radius 2 is 0.706 bits per heavy atom. The molecule has 0 aromatic heterocycles. The molecule has 0 aromatic rings. The van der Waals surface area contributed by atoms with E-state index in [2.05, 4.69) is 79.7 Å². The van der Waals surface area contributed by atoms with Gasteiger partial charge < -0.3 is 0 Å². The van der Waals surface area contributed by atoms with E-state index >= 15 is 0 Å². The third-order valence-electron chi connectivity index (χ3n) is 3.79. The van der Waals surface area contributed by atoms with E-state index < -0.39 is 7.26 Å². The normalized spacial score (nSPS) is 16.5. The molecule has 96 valence electrons. The van der Waals surface area contributed by atoms with Crippen LogP contribution in [0, 0.1) is 0 Å². The molecule has 1 heteroatoms. The van der Waals surface area contributed by atoms with Gasteiger partial charge in [0.1, 0.15) is 7.26 Å². The first-order chi connectivity index (χ1) is 7.93. The molecule has 0 rings (SSSR count). The van der Waals surface area contributed by atoms with Gasteiger partial charge in [0.2, 0.25) is 0 Å². The third-order valence-corrected chi connectivity index (χ3v) is 9.05. The monoisotopic (exact) mass is 251 g/mol. The molecular weight excluding hydrogens is 223 g/mol. The molecule has 0 saturated heterocycles. The summed E-state index contributed by atoms with van der Waals surface area (Å²) in [4.78, 5) is 0. The Labute approximate surface area is 109 Å². The van der Waals surface area contributed by atoms with Crippen LogP contribution in [0.25, 0.3) is 0 Å². The van der Waals surface area contributed by atoms with Crippen LogP contribution in [0.15, 0.2) is 45.6 Å². The summed E-state index contributed by atoms with van der Waals surface area (Å²) < 4.78 is 0. The molecule has 0 aliphatic carbocycles. The second-order valence-corrected chi connectivity index (χ2v) is 8.55. The largest absolute Gasteiger partial charge is 0.124 e. The van der Waals surface area contributed by atoms with Crippen molar-refractivity contribution in [3.8, 4) is 0 Å². The Morgan fingerprint density at radius 3 is 0.824 bits per heavy atom. The number of hydrogen-bond acceptors (Lipinski definition) is 0. The summed E-state index contributed by atoms with van der Waals surface area (Å²) in [5.41, 5.74) is 0. The van der Waals surface area contributed by atoms with E-state index in [0.29, 0.717) is 0 Å². The molecule has 0 spiro atoms. The molecule has 0 aliphatic heterocycles. The van der Waals surface area contributed by atoms with Crippen molar-refractivity contribution in [1.29, 1.82) is 0 Å². The minimum Gasteiger partial charge on any atom is -0.0486 e. The molecule has 0 heterocycles. The molecule has 17 heavy (non-hydrogen) atoms. The van der Waals surface area contributed by atoms with E-state index in [1.807, 2.05) is 0 Å². The molecule has 0 radical (unpaired) electrons. The fourth-order valence-electron chi connectivity index (χ4n) is 2.44. The minimum atomic E-state index is -1.42. The van der Waals surface area contributed by atoms with E-state index in [1.165, 1.54) is 21.3 Å². The summed E-state index contributed by atoms with van der Waals surface area (Å²) >= 11 is 0. The molecule has 0 atom stereocenters. The van der Waals surface area contributed by atoms with Crippen LogP contribution >= 0.6 is 7.26 Å². The molecule has 0 nitrogen and oxygen atoms in total. The zero-order valence-corrected chi connectivity index (χ0v) is 13.7. The maximum absolute atomic E-state index is 2.28. The van der Waals surface area contributed by atoms with Crippen LogP contribution in [0.1, 0.15) is 55.4 Å². The lowest BCUT2D eigenvalue weighted by Crippen LogP contribution is -2.00. The summed E-state index contributed by atoms with van der Waals surface area (Å²) in [6, 6.07) is 0. The third kappa shape index (κ3) is 2.80. The standard InChI is InChI=1S/C16H28P/c1-9-13(5)17(14(6)10-2,15(7)11-3)16(8)12-4/h9-12H,1-8H3/q+1/b13-9-,14-10-,15-11-,16-12-.